The van der Waals surface area contributed by atoms with Crippen LogP contribution in [-0.2, 0) is 6.61 Å². The summed E-state index contributed by atoms with van der Waals surface area (Å²) < 4.78 is 5.80. The summed E-state index contributed by atoms with van der Waals surface area (Å²) in [5.74, 6) is 0.361. The molecule has 31 heavy (non-hydrogen) atoms. The molecule has 0 aliphatic rings. The Morgan fingerprint density at radius 1 is 1.03 bits per heavy atom. The molecule has 3 aromatic carbocycles. The molecule has 1 aromatic heterocycles. The van der Waals surface area contributed by atoms with Gasteiger partial charge in [0.1, 0.15) is 18.1 Å². The van der Waals surface area contributed by atoms with E-state index in [-0.39, 0.29) is 0 Å². The first-order valence-corrected chi connectivity index (χ1v) is 9.97. The van der Waals surface area contributed by atoms with Gasteiger partial charge in [-0.05, 0) is 42.0 Å². The van der Waals surface area contributed by atoms with Crippen LogP contribution in [0.3, 0.4) is 0 Å². The Labute approximate surface area is 184 Å². The van der Waals surface area contributed by atoms with Crippen LogP contribution in [-0.4, -0.2) is 22.3 Å². The number of aromatic nitrogens is 2. The van der Waals surface area contributed by atoms with Crippen molar-refractivity contribution in [1.29, 1.82) is 0 Å². The number of hydrogen-bond donors (Lipinski definition) is 2. The lowest BCUT2D eigenvalue weighted by atomic mass is 10.1. The molecule has 2 N–H and O–H groups in total. The molecule has 0 saturated carbocycles. The molecule has 0 radical (unpaired) electrons. The summed E-state index contributed by atoms with van der Waals surface area (Å²) in [5.41, 5.74) is 6.09. The summed E-state index contributed by atoms with van der Waals surface area (Å²) in [6.45, 7) is 0.502. The predicted octanol–water partition coefficient (Wildman–Crippen LogP) is 5.07. The minimum Gasteiger partial charge on any atom is -0.489 e. The van der Waals surface area contributed by atoms with Crippen LogP contribution in [0.1, 0.15) is 21.6 Å². The van der Waals surface area contributed by atoms with Gasteiger partial charge in [-0.1, -0.05) is 60.1 Å². The van der Waals surface area contributed by atoms with Crippen molar-refractivity contribution in [2.75, 3.05) is 0 Å². The lowest BCUT2D eigenvalue weighted by Crippen LogP contribution is -2.18. The second-order valence-electron chi connectivity index (χ2n) is 6.69. The molecule has 6 nitrogen and oxygen atoms in total. The first kappa shape index (κ1) is 20.4. The lowest BCUT2D eigenvalue weighted by molar-refractivity contribution is 0.0950. The van der Waals surface area contributed by atoms with Gasteiger partial charge in [0.25, 0.3) is 5.91 Å². The fraction of sp³-hybridized carbons (Fsp3) is 0.0417. The molecule has 154 valence electrons. The molecule has 1 amide bonds. The maximum absolute atomic E-state index is 12.3. The summed E-state index contributed by atoms with van der Waals surface area (Å²) >= 11 is 6.06. The Balaban J connectivity index is 1.35. The topological polar surface area (TPSA) is 79.4 Å². The molecule has 4 rings (SSSR count). The number of carbonyl (C=O) groups excluding carboxylic acids is 1. The van der Waals surface area contributed by atoms with E-state index < -0.39 is 5.91 Å². The number of H-pyrrole nitrogens is 1. The van der Waals surface area contributed by atoms with E-state index in [9.17, 15) is 4.79 Å². The third kappa shape index (κ3) is 5.38. The number of rotatable bonds is 7. The smallest absolute Gasteiger partial charge is 0.289 e. The largest absolute Gasteiger partial charge is 0.489 e. The summed E-state index contributed by atoms with van der Waals surface area (Å²) in [6.07, 6.45) is 1.49. The summed E-state index contributed by atoms with van der Waals surface area (Å²) in [4.78, 5) is 12.3. The van der Waals surface area contributed by atoms with Gasteiger partial charge in [0.05, 0.1) is 11.9 Å². The van der Waals surface area contributed by atoms with Crippen molar-refractivity contribution in [2.24, 2.45) is 5.10 Å². The molecule has 0 aliphatic heterocycles. The molecule has 4 aromatic rings. The van der Waals surface area contributed by atoms with E-state index in [1.807, 2.05) is 66.7 Å². The minimum absolute atomic E-state index is 0.302. The number of ether oxygens (including phenoxy) is 1. The third-order valence-electron chi connectivity index (χ3n) is 4.50. The minimum atomic E-state index is -0.398. The fourth-order valence-electron chi connectivity index (χ4n) is 2.85. The van der Waals surface area contributed by atoms with E-state index in [4.69, 9.17) is 16.3 Å². The van der Waals surface area contributed by atoms with Crippen molar-refractivity contribution < 1.29 is 9.53 Å². The van der Waals surface area contributed by atoms with E-state index in [2.05, 4.69) is 20.7 Å². The van der Waals surface area contributed by atoms with Gasteiger partial charge in [-0.2, -0.15) is 10.2 Å². The third-order valence-corrected chi connectivity index (χ3v) is 4.84. The average molecular weight is 431 g/mol. The van der Waals surface area contributed by atoms with Crippen LogP contribution in [0, 0.1) is 0 Å². The van der Waals surface area contributed by atoms with Crippen LogP contribution in [0.25, 0.3) is 11.3 Å². The van der Waals surface area contributed by atoms with Gasteiger partial charge in [-0.3, -0.25) is 9.89 Å². The highest BCUT2D eigenvalue weighted by molar-refractivity contribution is 6.33. The molecular weight excluding hydrogens is 412 g/mol. The molecular formula is C24H19ClN4O2. The Morgan fingerprint density at radius 2 is 1.77 bits per heavy atom. The monoisotopic (exact) mass is 430 g/mol. The van der Waals surface area contributed by atoms with Crippen LogP contribution < -0.4 is 10.2 Å². The van der Waals surface area contributed by atoms with Crippen LogP contribution in [0.4, 0.5) is 0 Å². The summed E-state index contributed by atoms with van der Waals surface area (Å²) in [7, 11) is 0. The maximum atomic E-state index is 12.3. The van der Waals surface area contributed by atoms with Gasteiger partial charge >= 0.3 is 0 Å². The van der Waals surface area contributed by atoms with Crippen molar-refractivity contribution in [1.82, 2.24) is 15.6 Å². The number of benzene rings is 3. The highest BCUT2D eigenvalue weighted by atomic mass is 35.5. The SMILES string of the molecule is O=C(N/N=C\c1ccccc1Cl)c1cc(-c2ccc(OCc3ccccc3)cc2)n[nH]1. The van der Waals surface area contributed by atoms with Gasteiger partial charge in [0.15, 0.2) is 0 Å². The van der Waals surface area contributed by atoms with Crippen molar-refractivity contribution >= 4 is 23.7 Å². The van der Waals surface area contributed by atoms with Gasteiger partial charge in [-0.25, -0.2) is 5.43 Å². The standard InChI is InChI=1S/C24H19ClN4O2/c25-21-9-5-4-8-19(21)15-26-29-24(30)23-14-22(27-28-23)18-10-12-20(13-11-18)31-16-17-6-2-1-3-7-17/h1-15H,16H2,(H,27,28)(H,29,30)/b26-15-. The van der Waals surface area contributed by atoms with Crippen molar-refractivity contribution in [3.05, 3.63) is 107 Å². The number of amides is 1. The van der Waals surface area contributed by atoms with Crippen LogP contribution >= 0.6 is 11.6 Å². The second-order valence-corrected chi connectivity index (χ2v) is 7.09. The Morgan fingerprint density at radius 3 is 2.55 bits per heavy atom. The molecule has 0 atom stereocenters. The maximum Gasteiger partial charge on any atom is 0.289 e. The highest BCUT2D eigenvalue weighted by Crippen LogP contribution is 2.22. The fourth-order valence-corrected chi connectivity index (χ4v) is 3.03. The second kappa shape index (κ2) is 9.73. The van der Waals surface area contributed by atoms with E-state index in [0.29, 0.717) is 28.6 Å². The molecule has 1 heterocycles. The van der Waals surface area contributed by atoms with E-state index in [1.165, 1.54) is 6.21 Å². The Bertz CT molecular complexity index is 1190. The van der Waals surface area contributed by atoms with E-state index in [0.717, 1.165) is 16.9 Å². The normalized spacial score (nSPS) is 10.9. The molecule has 0 spiro atoms. The van der Waals surface area contributed by atoms with E-state index in [1.54, 1.807) is 18.2 Å². The molecule has 0 fully saturated rings. The highest BCUT2D eigenvalue weighted by Gasteiger charge is 2.10. The lowest BCUT2D eigenvalue weighted by Gasteiger charge is -2.06. The molecule has 0 saturated heterocycles. The predicted molar refractivity (Wildman–Crippen MR) is 121 cm³/mol. The Kier molecular flexibility index (Phi) is 6.40. The number of aromatic amines is 1. The van der Waals surface area contributed by atoms with Gasteiger partial charge < -0.3 is 4.74 Å². The number of halogens is 1. The number of carbonyl (C=O) groups is 1. The molecule has 0 bridgehead atoms. The quantitative estimate of drug-likeness (QED) is 0.317. The van der Waals surface area contributed by atoms with Gasteiger partial charge in [0, 0.05) is 16.1 Å². The first-order chi connectivity index (χ1) is 15.2. The average Bonchev–Trinajstić information content (AvgIpc) is 3.30. The van der Waals surface area contributed by atoms with Crippen molar-refractivity contribution in [3.63, 3.8) is 0 Å². The first-order valence-electron chi connectivity index (χ1n) is 9.59. The van der Waals surface area contributed by atoms with E-state index >= 15 is 0 Å². The van der Waals surface area contributed by atoms with Crippen LogP contribution in [0.5, 0.6) is 5.75 Å². The number of nitrogens with one attached hydrogen (secondary N) is 2. The molecule has 0 aliphatic carbocycles. The van der Waals surface area contributed by atoms with Gasteiger partial charge in [0.2, 0.25) is 0 Å². The molecule has 0 unspecified atom stereocenters. The molecule has 7 heteroatoms. The van der Waals surface area contributed by atoms with Gasteiger partial charge in [-0.15, -0.1) is 0 Å². The Hall–Kier alpha value is -3.90. The van der Waals surface area contributed by atoms with Crippen LogP contribution in [0.15, 0.2) is 90.0 Å². The number of hydrazone groups is 1. The van der Waals surface area contributed by atoms with Crippen molar-refractivity contribution in [3.8, 4) is 17.0 Å². The number of nitrogens with zero attached hydrogens (tertiary/aromatic N) is 2. The summed E-state index contributed by atoms with van der Waals surface area (Å²) in [6, 6.07) is 26.4. The zero-order valence-corrected chi connectivity index (χ0v) is 17.2. The zero-order chi connectivity index (χ0) is 21.5. The summed E-state index contributed by atoms with van der Waals surface area (Å²) in [5, 5.41) is 11.4. The zero-order valence-electron chi connectivity index (χ0n) is 16.5. The van der Waals surface area contributed by atoms with Crippen molar-refractivity contribution in [2.45, 2.75) is 6.61 Å². The van der Waals surface area contributed by atoms with Crippen LogP contribution in [0.2, 0.25) is 5.02 Å². The number of hydrogen-bond acceptors (Lipinski definition) is 4.